The van der Waals surface area contributed by atoms with Crippen LogP contribution >= 0.6 is 15.9 Å². The largest absolute Gasteiger partial charge is 0.328 e. The molecule has 0 aliphatic carbocycles. The summed E-state index contributed by atoms with van der Waals surface area (Å²) in [5.74, 6) is -0.0722. The van der Waals surface area contributed by atoms with Gasteiger partial charge in [0, 0.05) is 30.1 Å². The van der Waals surface area contributed by atoms with Crippen LogP contribution in [0.2, 0.25) is 0 Å². The van der Waals surface area contributed by atoms with E-state index in [1.165, 1.54) is 4.90 Å². The van der Waals surface area contributed by atoms with Gasteiger partial charge in [0.2, 0.25) is 0 Å². The molecule has 2 aliphatic rings. The van der Waals surface area contributed by atoms with Crippen molar-refractivity contribution in [1.82, 2.24) is 14.7 Å². The number of carbonyl (C=O) groups excluding carboxylic acids is 2. The highest BCUT2D eigenvalue weighted by Crippen LogP contribution is 2.39. The quantitative estimate of drug-likeness (QED) is 0.377. The highest BCUT2D eigenvalue weighted by Gasteiger charge is 2.57. The van der Waals surface area contributed by atoms with Crippen LogP contribution < -0.4 is 5.73 Å². The van der Waals surface area contributed by atoms with E-state index < -0.39 is 5.54 Å². The number of likely N-dealkylation sites (tertiary alicyclic amines) is 1. The van der Waals surface area contributed by atoms with Crippen molar-refractivity contribution >= 4 is 27.9 Å². The van der Waals surface area contributed by atoms with Gasteiger partial charge in [0.05, 0.1) is 6.54 Å². The molecule has 2 N–H and O–H groups in total. The lowest BCUT2D eigenvalue weighted by molar-refractivity contribution is -0.136. The Hall–Kier alpha value is -3.00. The van der Waals surface area contributed by atoms with E-state index in [0.29, 0.717) is 19.4 Å². The van der Waals surface area contributed by atoms with Gasteiger partial charge in [-0.05, 0) is 54.6 Å². The Morgan fingerprint density at radius 1 is 0.811 bits per heavy atom. The topological polar surface area (TPSA) is 69.9 Å². The number of hydrogen-bond acceptors (Lipinski definition) is 4. The number of nitrogens with two attached hydrogens (primary N) is 1. The molecule has 2 fully saturated rings. The Labute approximate surface area is 227 Å². The van der Waals surface area contributed by atoms with E-state index in [4.69, 9.17) is 5.73 Å². The normalized spacial score (nSPS) is 18.5. The maximum atomic E-state index is 13.9. The number of urea groups is 1. The minimum Gasteiger partial charge on any atom is -0.324 e. The third-order valence-electron chi connectivity index (χ3n) is 7.73. The summed E-state index contributed by atoms with van der Waals surface area (Å²) < 4.78 is 0.969. The first-order valence-corrected chi connectivity index (χ1v) is 13.7. The van der Waals surface area contributed by atoms with E-state index in [0.717, 1.165) is 47.2 Å². The lowest BCUT2D eigenvalue weighted by Crippen LogP contribution is -2.56. The smallest absolute Gasteiger partial charge is 0.324 e. The van der Waals surface area contributed by atoms with Gasteiger partial charge in [-0.1, -0.05) is 88.7 Å². The van der Waals surface area contributed by atoms with E-state index in [-0.39, 0.29) is 24.5 Å². The van der Waals surface area contributed by atoms with Crippen LogP contribution in [-0.4, -0.2) is 51.8 Å². The van der Waals surface area contributed by atoms with E-state index in [9.17, 15) is 9.59 Å². The first-order chi connectivity index (χ1) is 18.0. The molecule has 0 bridgehead atoms. The Morgan fingerprint density at radius 3 is 2.05 bits per heavy atom. The van der Waals surface area contributed by atoms with Crippen molar-refractivity contribution < 1.29 is 9.59 Å². The van der Waals surface area contributed by atoms with Gasteiger partial charge in [0.15, 0.2) is 0 Å². The Balaban J connectivity index is 1.31. The number of nitrogens with zero attached hydrogens (tertiary/aromatic N) is 3. The molecule has 1 atom stereocenters. The number of carbonyl (C=O) groups is 2. The molecule has 1 spiro atoms. The molecule has 5 rings (SSSR count). The van der Waals surface area contributed by atoms with Crippen molar-refractivity contribution in [2.75, 3.05) is 19.6 Å². The summed E-state index contributed by atoms with van der Waals surface area (Å²) in [6.07, 6.45) is 2.11. The summed E-state index contributed by atoms with van der Waals surface area (Å²) in [6, 6.07) is 27.7. The fourth-order valence-corrected chi connectivity index (χ4v) is 5.76. The van der Waals surface area contributed by atoms with Crippen LogP contribution in [0.25, 0.3) is 0 Å². The number of rotatable bonds is 8. The van der Waals surface area contributed by atoms with Gasteiger partial charge in [-0.25, -0.2) is 4.79 Å². The highest BCUT2D eigenvalue weighted by atomic mass is 79.9. The fraction of sp³-hybridized carbons (Fsp3) is 0.333. The maximum Gasteiger partial charge on any atom is 0.328 e. The zero-order chi connectivity index (χ0) is 25.8. The molecule has 2 aliphatic heterocycles. The van der Waals surface area contributed by atoms with Crippen LogP contribution in [0.1, 0.15) is 42.0 Å². The predicted octanol–water partition coefficient (Wildman–Crippen LogP) is 5.34. The number of hydrogen-bond donors (Lipinski definition) is 1. The van der Waals surface area contributed by atoms with Crippen LogP contribution in [0.15, 0.2) is 89.4 Å². The minimum atomic E-state index is -0.805. The molecule has 3 amide bonds. The van der Waals surface area contributed by atoms with Gasteiger partial charge in [-0.2, -0.15) is 0 Å². The van der Waals surface area contributed by atoms with Crippen molar-refractivity contribution in [2.24, 2.45) is 5.73 Å². The Morgan fingerprint density at radius 2 is 1.41 bits per heavy atom. The zero-order valence-electron chi connectivity index (χ0n) is 20.9. The van der Waals surface area contributed by atoms with Crippen molar-refractivity contribution in [1.29, 1.82) is 0 Å². The van der Waals surface area contributed by atoms with Crippen LogP contribution in [0.5, 0.6) is 0 Å². The summed E-state index contributed by atoms with van der Waals surface area (Å²) in [7, 11) is 0. The molecule has 6 nitrogen and oxygen atoms in total. The standard InChI is InChI=1S/C30H33BrN4O2/c31-26-13-11-24(12-14-26)21-34-28(36)30(35(29(34)37)22-23-7-3-1-4-8-23)16-19-33(20-17-30)18-15-27(32)25-9-5-2-6-10-25/h1-14,27H,15-22,32H2/t27-/m0/s1. The summed E-state index contributed by atoms with van der Waals surface area (Å²) in [4.78, 5) is 33.3. The number of halogens is 1. The second-order valence-electron chi connectivity index (χ2n) is 10.1. The third-order valence-corrected chi connectivity index (χ3v) is 8.26. The van der Waals surface area contributed by atoms with Crippen molar-refractivity contribution in [3.8, 4) is 0 Å². The molecule has 3 aromatic carbocycles. The van der Waals surface area contributed by atoms with E-state index in [2.05, 4.69) is 33.0 Å². The van der Waals surface area contributed by atoms with Gasteiger partial charge >= 0.3 is 6.03 Å². The van der Waals surface area contributed by atoms with E-state index >= 15 is 0 Å². The summed E-state index contributed by atoms with van der Waals surface area (Å²) in [5, 5.41) is 0. The van der Waals surface area contributed by atoms with Crippen molar-refractivity contribution in [2.45, 2.75) is 43.9 Å². The van der Waals surface area contributed by atoms with Crippen LogP contribution in [0.3, 0.4) is 0 Å². The average molecular weight is 562 g/mol. The average Bonchev–Trinajstić information content (AvgIpc) is 3.11. The predicted molar refractivity (Wildman–Crippen MR) is 148 cm³/mol. The highest BCUT2D eigenvalue weighted by molar-refractivity contribution is 9.10. The van der Waals surface area contributed by atoms with Gasteiger partial charge in [-0.3, -0.25) is 9.69 Å². The monoisotopic (exact) mass is 560 g/mol. The molecule has 0 unspecified atom stereocenters. The maximum absolute atomic E-state index is 13.9. The summed E-state index contributed by atoms with van der Waals surface area (Å²) >= 11 is 3.46. The number of benzene rings is 3. The minimum absolute atomic E-state index is 0.0113. The molecular formula is C30H33BrN4O2. The van der Waals surface area contributed by atoms with E-state index in [1.54, 1.807) is 0 Å². The molecule has 2 saturated heterocycles. The number of piperidine rings is 1. The number of imide groups is 1. The summed E-state index contributed by atoms with van der Waals surface area (Å²) in [6.45, 7) is 3.11. The lowest BCUT2D eigenvalue weighted by Gasteiger charge is -2.42. The fourth-order valence-electron chi connectivity index (χ4n) is 5.50. The molecule has 7 heteroatoms. The second kappa shape index (κ2) is 11.2. The SMILES string of the molecule is N[C@@H](CCN1CCC2(CC1)C(=O)N(Cc1ccc(Br)cc1)C(=O)N2Cc1ccccc1)c1ccccc1. The zero-order valence-corrected chi connectivity index (χ0v) is 22.5. The van der Waals surface area contributed by atoms with Gasteiger partial charge in [-0.15, -0.1) is 0 Å². The van der Waals surface area contributed by atoms with Crippen molar-refractivity contribution in [3.63, 3.8) is 0 Å². The second-order valence-corrected chi connectivity index (χ2v) is 11.0. The van der Waals surface area contributed by atoms with Crippen molar-refractivity contribution in [3.05, 3.63) is 106 Å². The molecular weight excluding hydrogens is 528 g/mol. The molecule has 192 valence electrons. The van der Waals surface area contributed by atoms with Gasteiger partial charge in [0.1, 0.15) is 5.54 Å². The van der Waals surface area contributed by atoms with Crippen LogP contribution in [0.4, 0.5) is 4.79 Å². The molecule has 0 saturated carbocycles. The third kappa shape index (κ3) is 5.49. The van der Waals surface area contributed by atoms with E-state index in [1.807, 2.05) is 77.7 Å². The van der Waals surface area contributed by atoms with Gasteiger partial charge in [0.25, 0.3) is 5.91 Å². The Bertz CT molecular complexity index is 1210. The molecule has 37 heavy (non-hydrogen) atoms. The van der Waals surface area contributed by atoms with Crippen LogP contribution in [-0.2, 0) is 17.9 Å². The van der Waals surface area contributed by atoms with Gasteiger partial charge < -0.3 is 15.5 Å². The first-order valence-electron chi connectivity index (χ1n) is 12.9. The Kier molecular flexibility index (Phi) is 7.74. The molecule has 2 heterocycles. The molecule has 0 aromatic heterocycles. The molecule has 3 aromatic rings. The number of amides is 3. The molecule has 0 radical (unpaired) electrons. The van der Waals surface area contributed by atoms with Crippen LogP contribution in [0, 0.1) is 0 Å². The lowest BCUT2D eigenvalue weighted by atomic mass is 9.85. The first kappa shape index (κ1) is 25.6. The summed E-state index contributed by atoms with van der Waals surface area (Å²) in [5.41, 5.74) is 8.74.